The maximum absolute atomic E-state index is 9.38. The van der Waals surface area contributed by atoms with Gasteiger partial charge in [0.05, 0.1) is 11.3 Å². The van der Waals surface area contributed by atoms with Crippen LogP contribution in [0.1, 0.15) is 43.2 Å². The highest BCUT2D eigenvalue weighted by molar-refractivity contribution is 6.17. The van der Waals surface area contributed by atoms with Crippen molar-refractivity contribution in [2.75, 3.05) is 18.0 Å². The van der Waals surface area contributed by atoms with E-state index in [0.29, 0.717) is 5.88 Å². The van der Waals surface area contributed by atoms with Crippen LogP contribution in [0.15, 0.2) is 18.2 Å². The summed E-state index contributed by atoms with van der Waals surface area (Å²) in [6, 6.07) is 8.41. The van der Waals surface area contributed by atoms with Crippen LogP contribution in [-0.4, -0.2) is 13.1 Å². The van der Waals surface area contributed by atoms with Gasteiger partial charge in [-0.2, -0.15) is 5.26 Å². The molecule has 1 aromatic rings. The van der Waals surface area contributed by atoms with Crippen LogP contribution in [0.25, 0.3) is 0 Å². The molecule has 3 rings (SSSR count). The van der Waals surface area contributed by atoms with Gasteiger partial charge in [-0.3, -0.25) is 0 Å². The van der Waals surface area contributed by atoms with Gasteiger partial charge >= 0.3 is 0 Å². The third-order valence-electron chi connectivity index (χ3n) is 4.97. The molecule has 0 bridgehead atoms. The quantitative estimate of drug-likeness (QED) is 0.758. The van der Waals surface area contributed by atoms with Crippen LogP contribution < -0.4 is 4.90 Å². The van der Waals surface area contributed by atoms with Gasteiger partial charge in [-0.1, -0.05) is 25.3 Å². The highest BCUT2D eigenvalue weighted by Crippen LogP contribution is 2.38. The predicted molar refractivity (Wildman–Crippen MR) is 83.0 cm³/mol. The zero-order valence-electron chi connectivity index (χ0n) is 11.8. The number of rotatable bonds is 2. The molecular weight excluding hydrogens is 268 g/mol. The molecule has 1 aliphatic carbocycles. The van der Waals surface area contributed by atoms with Crippen LogP contribution in [0.5, 0.6) is 0 Å². The molecule has 2 aliphatic rings. The summed E-state index contributed by atoms with van der Waals surface area (Å²) in [5.41, 5.74) is 2.90. The first-order valence-electron chi connectivity index (χ1n) is 7.65. The Balaban J connectivity index is 1.81. The van der Waals surface area contributed by atoms with Crippen LogP contribution in [0, 0.1) is 23.2 Å². The first-order valence-corrected chi connectivity index (χ1v) is 8.19. The maximum Gasteiger partial charge on any atom is 0.101 e. The average Bonchev–Trinajstić information content (AvgIpc) is 2.53. The van der Waals surface area contributed by atoms with Crippen LogP contribution in [-0.2, 0) is 5.88 Å². The zero-order valence-corrected chi connectivity index (χ0v) is 12.6. The number of alkyl halides is 1. The molecular formula is C17H21ClN2. The molecule has 2 nitrogen and oxygen atoms in total. The van der Waals surface area contributed by atoms with E-state index in [9.17, 15) is 5.26 Å². The van der Waals surface area contributed by atoms with Crippen molar-refractivity contribution in [1.82, 2.24) is 0 Å². The molecule has 1 saturated carbocycles. The monoisotopic (exact) mass is 288 g/mol. The lowest BCUT2D eigenvalue weighted by molar-refractivity contribution is 0.202. The van der Waals surface area contributed by atoms with E-state index in [1.807, 2.05) is 6.07 Å². The summed E-state index contributed by atoms with van der Waals surface area (Å²) in [7, 11) is 0. The standard InChI is InChI=1S/C17H21ClN2/c18-10-13-5-6-17(16(9-13)11-19)20-8-7-14-3-1-2-4-15(14)12-20/h5-6,9,14-15H,1-4,7-8,10,12H2. The lowest BCUT2D eigenvalue weighted by Crippen LogP contribution is -2.42. The van der Waals surface area contributed by atoms with Crippen LogP contribution in [0.4, 0.5) is 5.69 Å². The van der Waals surface area contributed by atoms with Gasteiger partial charge in [0.2, 0.25) is 0 Å². The molecule has 0 radical (unpaired) electrons. The molecule has 0 spiro atoms. The molecule has 1 aromatic carbocycles. The van der Waals surface area contributed by atoms with Crippen molar-refractivity contribution in [3.8, 4) is 6.07 Å². The summed E-state index contributed by atoms with van der Waals surface area (Å²) < 4.78 is 0. The fourth-order valence-electron chi connectivity index (χ4n) is 3.85. The second-order valence-corrected chi connectivity index (χ2v) is 6.40. The number of anilines is 1. The van der Waals surface area contributed by atoms with Crippen molar-refractivity contribution in [2.24, 2.45) is 11.8 Å². The molecule has 0 aromatic heterocycles. The van der Waals surface area contributed by atoms with Gasteiger partial charge in [0, 0.05) is 19.0 Å². The number of benzene rings is 1. The fraction of sp³-hybridized carbons (Fsp3) is 0.588. The number of fused-ring (bicyclic) bond motifs is 1. The van der Waals surface area contributed by atoms with Gasteiger partial charge in [0.15, 0.2) is 0 Å². The normalized spacial score (nSPS) is 25.9. The lowest BCUT2D eigenvalue weighted by Gasteiger charge is -2.42. The number of nitrogens with zero attached hydrogens (tertiary/aromatic N) is 2. The van der Waals surface area contributed by atoms with E-state index in [1.54, 1.807) is 0 Å². The van der Waals surface area contributed by atoms with Crippen LogP contribution in [0.3, 0.4) is 0 Å². The van der Waals surface area contributed by atoms with Crippen molar-refractivity contribution in [3.63, 3.8) is 0 Å². The Kier molecular flexibility index (Phi) is 4.17. The van der Waals surface area contributed by atoms with E-state index in [4.69, 9.17) is 11.6 Å². The fourth-order valence-corrected chi connectivity index (χ4v) is 4.02. The third-order valence-corrected chi connectivity index (χ3v) is 5.28. The van der Waals surface area contributed by atoms with Crippen molar-refractivity contribution in [3.05, 3.63) is 29.3 Å². The number of nitriles is 1. The van der Waals surface area contributed by atoms with Gasteiger partial charge in [0.1, 0.15) is 6.07 Å². The zero-order chi connectivity index (χ0) is 13.9. The van der Waals surface area contributed by atoms with Gasteiger partial charge in [-0.25, -0.2) is 0 Å². The second-order valence-electron chi connectivity index (χ2n) is 6.14. The Labute approximate surface area is 126 Å². The summed E-state index contributed by atoms with van der Waals surface area (Å²) in [5, 5.41) is 9.38. The summed E-state index contributed by atoms with van der Waals surface area (Å²) in [5.74, 6) is 2.23. The molecule has 3 heteroatoms. The van der Waals surface area contributed by atoms with Gasteiger partial charge < -0.3 is 4.90 Å². The third kappa shape index (κ3) is 2.65. The minimum atomic E-state index is 0.472. The van der Waals surface area contributed by atoms with Crippen molar-refractivity contribution in [1.29, 1.82) is 5.26 Å². The largest absolute Gasteiger partial charge is 0.370 e. The highest BCUT2D eigenvalue weighted by Gasteiger charge is 2.31. The first-order chi connectivity index (χ1) is 9.81. The molecule has 106 valence electrons. The number of piperidine rings is 1. The van der Waals surface area contributed by atoms with Crippen molar-refractivity contribution in [2.45, 2.75) is 38.0 Å². The molecule has 20 heavy (non-hydrogen) atoms. The second kappa shape index (κ2) is 6.06. The van der Waals surface area contributed by atoms with Crippen molar-refractivity contribution < 1.29 is 0 Å². The van der Waals surface area contributed by atoms with E-state index >= 15 is 0 Å². The Morgan fingerprint density at radius 1 is 1.20 bits per heavy atom. The molecule has 1 aliphatic heterocycles. The molecule has 2 atom stereocenters. The molecule has 0 N–H and O–H groups in total. The van der Waals surface area contributed by atoms with E-state index < -0.39 is 0 Å². The van der Waals surface area contributed by atoms with E-state index in [2.05, 4.69) is 23.1 Å². The van der Waals surface area contributed by atoms with E-state index in [0.717, 1.165) is 41.7 Å². The molecule has 0 amide bonds. The van der Waals surface area contributed by atoms with E-state index in [1.165, 1.54) is 32.1 Å². The molecule has 2 fully saturated rings. The number of halogens is 1. The van der Waals surface area contributed by atoms with E-state index in [-0.39, 0.29) is 0 Å². The number of hydrogen-bond acceptors (Lipinski definition) is 2. The Morgan fingerprint density at radius 3 is 2.75 bits per heavy atom. The molecule has 1 heterocycles. The SMILES string of the molecule is N#Cc1cc(CCl)ccc1N1CCC2CCCCC2C1. The van der Waals surface area contributed by atoms with Crippen molar-refractivity contribution >= 4 is 17.3 Å². The van der Waals surface area contributed by atoms with Crippen LogP contribution >= 0.6 is 11.6 Å². The summed E-state index contributed by atoms with van der Waals surface area (Å²) in [6.07, 6.45) is 6.85. The van der Waals surface area contributed by atoms with Gasteiger partial charge in [0.25, 0.3) is 0 Å². The Hall–Kier alpha value is -1.20. The first kappa shape index (κ1) is 13.8. The minimum absolute atomic E-state index is 0.472. The van der Waals surface area contributed by atoms with Crippen LogP contribution in [0.2, 0.25) is 0 Å². The topological polar surface area (TPSA) is 27.0 Å². The predicted octanol–water partition coefficient (Wildman–Crippen LogP) is 4.31. The Morgan fingerprint density at radius 2 is 2.00 bits per heavy atom. The maximum atomic E-state index is 9.38. The lowest BCUT2D eigenvalue weighted by atomic mass is 9.75. The summed E-state index contributed by atoms with van der Waals surface area (Å²) in [6.45, 7) is 2.22. The molecule has 2 unspecified atom stereocenters. The summed E-state index contributed by atoms with van der Waals surface area (Å²) >= 11 is 5.86. The smallest absolute Gasteiger partial charge is 0.101 e. The number of hydrogen-bond donors (Lipinski definition) is 0. The summed E-state index contributed by atoms with van der Waals surface area (Å²) in [4.78, 5) is 2.42. The molecule has 1 saturated heterocycles. The Bertz CT molecular complexity index is 520. The van der Waals surface area contributed by atoms with Gasteiger partial charge in [-0.15, -0.1) is 11.6 Å². The highest BCUT2D eigenvalue weighted by atomic mass is 35.5. The average molecular weight is 289 g/mol. The minimum Gasteiger partial charge on any atom is -0.370 e. The van der Waals surface area contributed by atoms with Gasteiger partial charge in [-0.05, 0) is 42.4 Å².